The third-order valence-corrected chi connectivity index (χ3v) is 17.1. The monoisotopic (exact) mass is 722 g/mol. The average Bonchev–Trinajstić information content (AvgIpc) is 3.24. The SMILES string of the molecule is C/C(C/C(Cc1ccccc1)=N\O[Si](c1ccccc1)(c1ccccc1)c1ccccc1)=N/O[Si](c1ccccc1)(c1ccccc1)c1ccccc1. The zero-order chi connectivity index (χ0) is 36.2. The minimum atomic E-state index is -3.09. The van der Waals surface area contributed by atoms with Gasteiger partial charge in [-0.1, -0.05) is 212 Å². The minimum absolute atomic E-state index is 0.473. The second-order valence-corrected chi connectivity index (χ2v) is 19.6. The first kappa shape index (κ1) is 35.3. The molecular weight excluding hydrogens is 681 g/mol. The summed E-state index contributed by atoms with van der Waals surface area (Å²) in [6, 6.07) is 73.6. The Morgan fingerprint density at radius 2 is 0.642 bits per heavy atom. The molecule has 0 N–H and O–H groups in total. The number of hydrogen-bond donors (Lipinski definition) is 0. The summed E-state index contributed by atoms with van der Waals surface area (Å²) in [4.78, 5) is 0. The standard InChI is InChI=1S/C47H42N2O2Si2/c1-39(48-50-52(42-25-11-3-12-26-42,43-27-13-4-14-28-43)44-29-15-5-16-30-44)37-41(38-40-23-9-2-10-24-40)49-51-53(45-31-17-6-18-32-45,46-33-19-7-20-34-46)47-35-21-8-22-36-47/h2-36H,37-38H2,1H3/b48-39-,49-41+. The van der Waals surface area contributed by atoms with Crippen molar-refractivity contribution in [2.45, 2.75) is 19.8 Å². The second-order valence-electron chi connectivity index (χ2n) is 13.1. The van der Waals surface area contributed by atoms with Gasteiger partial charge in [0, 0.05) is 12.8 Å². The van der Waals surface area contributed by atoms with Crippen LogP contribution >= 0.6 is 0 Å². The van der Waals surface area contributed by atoms with Crippen LogP contribution in [0.2, 0.25) is 0 Å². The first-order valence-corrected chi connectivity index (χ1v) is 21.8. The normalized spacial score (nSPS) is 12.2. The van der Waals surface area contributed by atoms with Gasteiger partial charge in [-0.25, -0.2) is 0 Å². The molecular formula is C47H42N2O2Si2. The molecule has 0 unspecified atom stereocenters. The molecule has 0 aliphatic heterocycles. The van der Waals surface area contributed by atoms with Crippen LogP contribution in [0.5, 0.6) is 0 Å². The van der Waals surface area contributed by atoms with Gasteiger partial charge >= 0.3 is 16.6 Å². The van der Waals surface area contributed by atoms with Crippen molar-refractivity contribution in [3.63, 3.8) is 0 Å². The molecule has 0 spiro atoms. The molecule has 0 radical (unpaired) electrons. The fraction of sp³-hybridized carbons (Fsp3) is 0.0638. The average molecular weight is 723 g/mol. The molecule has 0 heterocycles. The van der Waals surface area contributed by atoms with Crippen molar-refractivity contribution in [3.05, 3.63) is 218 Å². The summed E-state index contributed by atoms with van der Waals surface area (Å²) in [6.45, 7) is 2.02. The van der Waals surface area contributed by atoms with Gasteiger partial charge in [-0.2, -0.15) is 0 Å². The minimum Gasteiger partial charge on any atom is -0.438 e. The Balaban J connectivity index is 1.31. The third kappa shape index (κ3) is 7.89. The molecule has 0 bridgehead atoms. The van der Waals surface area contributed by atoms with E-state index < -0.39 is 16.6 Å². The highest BCUT2D eigenvalue weighted by Gasteiger charge is 2.46. The number of benzene rings is 7. The first-order chi connectivity index (χ1) is 26.2. The van der Waals surface area contributed by atoms with Crippen LogP contribution in [0.15, 0.2) is 223 Å². The van der Waals surface area contributed by atoms with Gasteiger partial charge in [-0.3, -0.25) is 0 Å². The van der Waals surface area contributed by atoms with Crippen molar-refractivity contribution in [2.75, 3.05) is 0 Å². The summed E-state index contributed by atoms with van der Waals surface area (Å²) >= 11 is 0. The van der Waals surface area contributed by atoms with Crippen molar-refractivity contribution >= 4 is 59.2 Å². The molecule has 0 saturated heterocycles. The van der Waals surface area contributed by atoms with Gasteiger partial charge in [0.05, 0.1) is 11.4 Å². The smallest absolute Gasteiger partial charge is 0.380 e. The van der Waals surface area contributed by atoms with Gasteiger partial charge in [0.15, 0.2) is 0 Å². The quantitative estimate of drug-likeness (QED) is 0.0542. The second kappa shape index (κ2) is 17.0. The van der Waals surface area contributed by atoms with E-state index in [0.717, 1.165) is 48.1 Å². The Morgan fingerprint density at radius 3 is 0.943 bits per heavy atom. The highest BCUT2D eigenvalue weighted by Crippen LogP contribution is 2.15. The maximum absolute atomic E-state index is 7.12. The Labute approximate surface area is 315 Å². The molecule has 7 aromatic carbocycles. The number of nitrogens with zero attached hydrogens (tertiary/aromatic N) is 2. The van der Waals surface area contributed by atoms with E-state index in [1.54, 1.807) is 0 Å². The highest BCUT2D eigenvalue weighted by molar-refractivity contribution is 7.07. The van der Waals surface area contributed by atoms with Crippen molar-refractivity contribution in [1.29, 1.82) is 0 Å². The molecule has 6 heteroatoms. The van der Waals surface area contributed by atoms with Crippen LogP contribution < -0.4 is 31.1 Å². The van der Waals surface area contributed by atoms with Crippen molar-refractivity contribution < 1.29 is 9.05 Å². The molecule has 0 amide bonds. The summed E-state index contributed by atoms with van der Waals surface area (Å²) in [5.74, 6) is 0. The molecule has 7 rings (SSSR count). The van der Waals surface area contributed by atoms with E-state index in [1.165, 1.54) is 0 Å². The van der Waals surface area contributed by atoms with Crippen LogP contribution in [-0.2, 0) is 15.5 Å². The zero-order valence-corrected chi connectivity index (χ0v) is 31.8. The Hall–Kier alpha value is -6.09. The largest absolute Gasteiger partial charge is 0.438 e. The molecule has 4 nitrogen and oxygen atoms in total. The molecule has 0 fully saturated rings. The Morgan fingerprint density at radius 1 is 0.377 bits per heavy atom. The maximum atomic E-state index is 7.12. The van der Waals surface area contributed by atoms with Gasteiger partial charge in [-0.05, 0) is 43.6 Å². The topological polar surface area (TPSA) is 43.2 Å². The summed E-state index contributed by atoms with van der Waals surface area (Å²) in [5, 5.41) is 16.9. The highest BCUT2D eigenvalue weighted by atomic mass is 28.4. The van der Waals surface area contributed by atoms with E-state index in [4.69, 9.17) is 19.4 Å². The number of hydrogen-bond acceptors (Lipinski definition) is 4. The lowest BCUT2D eigenvalue weighted by atomic mass is 10.0. The van der Waals surface area contributed by atoms with Gasteiger partial charge in [0.2, 0.25) is 0 Å². The third-order valence-electron chi connectivity index (χ3n) is 9.44. The van der Waals surface area contributed by atoms with E-state index in [-0.39, 0.29) is 0 Å². The predicted octanol–water partition coefficient (Wildman–Crippen LogP) is 6.72. The van der Waals surface area contributed by atoms with E-state index in [9.17, 15) is 0 Å². The fourth-order valence-electron chi connectivity index (χ4n) is 6.92. The maximum Gasteiger partial charge on any atom is 0.380 e. The van der Waals surface area contributed by atoms with Crippen LogP contribution in [0.3, 0.4) is 0 Å². The molecule has 53 heavy (non-hydrogen) atoms. The number of rotatable bonds is 14. The Bertz CT molecular complexity index is 2030. The van der Waals surface area contributed by atoms with Gasteiger partial charge in [-0.15, -0.1) is 10.3 Å². The van der Waals surface area contributed by atoms with Crippen LogP contribution in [-0.4, -0.2) is 28.1 Å². The summed E-state index contributed by atoms with van der Waals surface area (Å²) < 4.78 is 14.1. The van der Waals surface area contributed by atoms with Gasteiger partial charge < -0.3 is 9.05 Å². The van der Waals surface area contributed by atoms with E-state index in [0.29, 0.717) is 12.8 Å². The van der Waals surface area contributed by atoms with Gasteiger partial charge in [0.25, 0.3) is 0 Å². The zero-order valence-electron chi connectivity index (χ0n) is 29.8. The lowest BCUT2D eigenvalue weighted by Gasteiger charge is -2.31. The first-order valence-electron chi connectivity index (χ1n) is 18.0. The molecule has 0 atom stereocenters. The molecule has 0 aliphatic rings. The van der Waals surface area contributed by atoms with E-state index >= 15 is 0 Å². The summed E-state index contributed by atoms with van der Waals surface area (Å²) in [7, 11) is -6.13. The lowest BCUT2D eigenvalue weighted by molar-refractivity contribution is 0.344. The Kier molecular flexibility index (Phi) is 11.3. The molecule has 0 aromatic heterocycles. The van der Waals surface area contributed by atoms with Crippen molar-refractivity contribution in [2.24, 2.45) is 10.3 Å². The predicted molar refractivity (Wildman–Crippen MR) is 225 cm³/mol. The summed E-state index contributed by atoms with van der Waals surface area (Å²) in [5.41, 5.74) is 2.83. The van der Waals surface area contributed by atoms with Gasteiger partial charge in [0.1, 0.15) is 0 Å². The summed E-state index contributed by atoms with van der Waals surface area (Å²) in [6.07, 6.45) is 1.08. The number of oxime groups is 2. The van der Waals surface area contributed by atoms with E-state index in [2.05, 4.69) is 170 Å². The lowest BCUT2D eigenvalue weighted by Crippen LogP contribution is -2.68. The van der Waals surface area contributed by atoms with Crippen LogP contribution in [0.4, 0.5) is 0 Å². The van der Waals surface area contributed by atoms with Crippen LogP contribution in [0.1, 0.15) is 18.9 Å². The van der Waals surface area contributed by atoms with E-state index in [1.807, 2.05) is 49.4 Å². The molecule has 0 aliphatic carbocycles. The van der Waals surface area contributed by atoms with Crippen molar-refractivity contribution in [1.82, 2.24) is 0 Å². The molecule has 7 aromatic rings. The van der Waals surface area contributed by atoms with Crippen molar-refractivity contribution in [3.8, 4) is 0 Å². The van der Waals surface area contributed by atoms with Crippen LogP contribution in [0.25, 0.3) is 0 Å². The molecule has 260 valence electrons. The van der Waals surface area contributed by atoms with Crippen LogP contribution in [0, 0.1) is 0 Å². The molecule has 0 saturated carbocycles. The fourth-order valence-corrected chi connectivity index (χ4v) is 14.1.